The van der Waals surface area contributed by atoms with Crippen molar-refractivity contribution in [3.8, 4) is 0 Å². The van der Waals surface area contributed by atoms with E-state index in [1.54, 1.807) is 0 Å². The fourth-order valence-electron chi connectivity index (χ4n) is 1.20. The molecule has 17 heavy (non-hydrogen) atoms. The summed E-state index contributed by atoms with van der Waals surface area (Å²) in [4.78, 5) is 5.81. The van der Waals surface area contributed by atoms with E-state index in [1.165, 1.54) is 6.07 Å². The van der Waals surface area contributed by atoms with Gasteiger partial charge in [0.2, 0.25) is 0 Å². The number of hydrogen-bond donors (Lipinski definition) is 1. The molecule has 1 rings (SSSR count). The maximum atomic E-state index is 12.3. The topological polar surface area (TPSA) is 28.2 Å². The molecule has 1 aromatic heterocycles. The summed E-state index contributed by atoms with van der Waals surface area (Å²) in [6.07, 6.45) is -3.49. The number of hydrogen-bond acceptors (Lipinski definition) is 3. The molecular weight excluding hydrogens is 231 g/mol. The molecule has 0 spiro atoms. The van der Waals surface area contributed by atoms with Crippen LogP contribution in [0.15, 0.2) is 18.3 Å². The molecular formula is C11H16F3N3. The average molecular weight is 247 g/mol. The molecule has 0 radical (unpaired) electrons. The van der Waals surface area contributed by atoms with Crippen LogP contribution < -0.4 is 5.32 Å². The van der Waals surface area contributed by atoms with Gasteiger partial charge in [-0.1, -0.05) is 6.92 Å². The van der Waals surface area contributed by atoms with Gasteiger partial charge in [0, 0.05) is 19.3 Å². The molecule has 0 bridgehead atoms. The van der Waals surface area contributed by atoms with Crippen LogP contribution in [-0.4, -0.2) is 36.6 Å². The van der Waals surface area contributed by atoms with Crippen LogP contribution in [0.3, 0.4) is 0 Å². The number of likely N-dealkylation sites (N-methyl/N-ethyl adjacent to an activating group) is 1. The Labute approximate surface area is 98.6 Å². The van der Waals surface area contributed by atoms with Gasteiger partial charge in [0.25, 0.3) is 0 Å². The molecule has 1 heterocycles. The Hall–Kier alpha value is -1.30. The normalized spacial score (nSPS) is 11.9. The van der Waals surface area contributed by atoms with Gasteiger partial charge in [-0.15, -0.1) is 0 Å². The van der Waals surface area contributed by atoms with Crippen LogP contribution >= 0.6 is 0 Å². The number of anilines is 1. The number of halogens is 3. The monoisotopic (exact) mass is 247 g/mol. The molecule has 0 atom stereocenters. The maximum absolute atomic E-state index is 12.3. The van der Waals surface area contributed by atoms with E-state index < -0.39 is 11.7 Å². The molecule has 96 valence electrons. The standard InChI is InChI=1S/C11H16F3N3/c1-3-17(2)7-6-15-10-5-4-9(8-16-10)11(12,13)14/h4-5,8H,3,6-7H2,1-2H3,(H,15,16). The van der Waals surface area contributed by atoms with Gasteiger partial charge >= 0.3 is 6.18 Å². The Morgan fingerprint density at radius 1 is 1.35 bits per heavy atom. The maximum Gasteiger partial charge on any atom is 0.417 e. The largest absolute Gasteiger partial charge is 0.417 e. The SMILES string of the molecule is CCN(C)CCNc1ccc(C(F)(F)F)cn1. The van der Waals surface area contributed by atoms with E-state index in [4.69, 9.17) is 0 Å². The van der Waals surface area contributed by atoms with E-state index in [0.29, 0.717) is 12.4 Å². The van der Waals surface area contributed by atoms with Crippen molar-refractivity contribution < 1.29 is 13.2 Å². The third-order valence-corrected chi connectivity index (χ3v) is 2.43. The molecule has 3 nitrogen and oxygen atoms in total. The molecule has 0 saturated heterocycles. The number of rotatable bonds is 5. The summed E-state index contributed by atoms with van der Waals surface area (Å²) in [5.41, 5.74) is -0.728. The van der Waals surface area contributed by atoms with Crippen molar-refractivity contribution in [2.24, 2.45) is 0 Å². The molecule has 0 aliphatic rings. The number of nitrogens with zero attached hydrogens (tertiary/aromatic N) is 2. The first-order valence-corrected chi connectivity index (χ1v) is 5.39. The first-order valence-electron chi connectivity index (χ1n) is 5.39. The highest BCUT2D eigenvalue weighted by atomic mass is 19.4. The molecule has 0 unspecified atom stereocenters. The van der Waals surface area contributed by atoms with Crippen molar-refractivity contribution in [2.45, 2.75) is 13.1 Å². The van der Waals surface area contributed by atoms with E-state index in [1.807, 2.05) is 14.0 Å². The zero-order valence-electron chi connectivity index (χ0n) is 9.88. The minimum atomic E-state index is -4.33. The van der Waals surface area contributed by atoms with E-state index in [0.717, 1.165) is 25.4 Å². The summed E-state index contributed by atoms with van der Waals surface area (Å²) in [7, 11) is 1.97. The quantitative estimate of drug-likeness (QED) is 0.866. The van der Waals surface area contributed by atoms with Gasteiger partial charge in [0.1, 0.15) is 5.82 Å². The van der Waals surface area contributed by atoms with Crippen molar-refractivity contribution in [1.82, 2.24) is 9.88 Å². The molecule has 1 aromatic rings. The fourth-order valence-corrected chi connectivity index (χ4v) is 1.20. The van der Waals surface area contributed by atoms with E-state index >= 15 is 0 Å². The Morgan fingerprint density at radius 3 is 2.53 bits per heavy atom. The third-order valence-electron chi connectivity index (χ3n) is 2.43. The molecule has 0 saturated carbocycles. The molecule has 0 aliphatic carbocycles. The van der Waals surface area contributed by atoms with Gasteiger partial charge in [-0.2, -0.15) is 13.2 Å². The zero-order valence-corrected chi connectivity index (χ0v) is 9.88. The molecule has 0 fully saturated rings. The lowest BCUT2D eigenvalue weighted by Gasteiger charge is -2.14. The minimum Gasteiger partial charge on any atom is -0.369 e. The second-order valence-corrected chi connectivity index (χ2v) is 3.75. The smallest absolute Gasteiger partial charge is 0.369 e. The summed E-state index contributed by atoms with van der Waals surface area (Å²) >= 11 is 0. The van der Waals surface area contributed by atoms with Crippen LogP contribution in [0, 0.1) is 0 Å². The Bertz CT molecular complexity index is 335. The lowest BCUT2D eigenvalue weighted by molar-refractivity contribution is -0.137. The Kier molecular flexibility index (Phi) is 4.74. The van der Waals surface area contributed by atoms with Crippen LogP contribution in [0.2, 0.25) is 0 Å². The predicted octanol–water partition coefficient (Wildman–Crippen LogP) is 2.46. The highest BCUT2D eigenvalue weighted by molar-refractivity contribution is 5.36. The van der Waals surface area contributed by atoms with Crippen LogP contribution in [-0.2, 0) is 6.18 Å². The first kappa shape index (κ1) is 13.8. The lowest BCUT2D eigenvalue weighted by atomic mass is 10.3. The first-order chi connectivity index (χ1) is 7.93. The van der Waals surface area contributed by atoms with Crippen LogP contribution in [0.25, 0.3) is 0 Å². The summed E-state index contributed by atoms with van der Waals surface area (Å²) in [5.74, 6) is 0.461. The van der Waals surface area contributed by atoms with E-state index in [9.17, 15) is 13.2 Å². The van der Waals surface area contributed by atoms with Crippen molar-refractivity contribution in [2.75, 3.05) is 32.0 Å². The highest BCUT2D eigenvalue weighted by Crippen LogP contribution is 2.28. The van der Waals surface area contributed by atoms with Crippen LogP contribution in [0.1, 0.15) is 12.5 Å². The van der Waals surface area contributed by atoms with E-state index in [-0.39, 0.29) is 0 Å². The van der Waals surface area contributed by atoms with Gasteiger partial charge < -0.3 is 10.2 Å². The van der Waals surface area contributed by atoms with Gasteiger partial charge in [-0.05, 0) is 25.7 Å². The second kappa shape index (κ2) is 5.86. The Morgan fingerprint density at radius 2 is 2.06 bits per heavy atom. The average Bonchev–Trinajstić information content (AvgIpc) is 2.28. The number of pyridine rings is 1. The number of nitrogens with one attached hydrogen (secondary N) is 1. The summed E-state index contributed by atoms with van der Waals surface area (Å²) < 4.78 is 36.8. The van der Waals surface area contributed by atoms with Gasteiger partial charge in [0.05, 0.1) is 5.56 Å². The lowest BCUT2D eigenvalue weighted by Crippen LogP contribution is -2.24. The Balaban J connectivity index is 2.46. The highest BCUT2D eigenvalue weighted by Gasteiger charge is 2.30. The van der Waals surface area contributed by atoms with Crippen molar-refractivity contribution >= 4 is 5.82 Å². The predicted molar refractivity (Wildman–Crippen MR) is 60.9 cm³/mol. The molecule has 0 aliphatic heterocycles. The van der Waals surface area contributed by atoms with Gasteiger partial charge in [0.15, 0.2) is 0 Å². The van der Waals surface area contributed by atoms with Gasteiger partial charge in [-0.25, -0.2) is 4.98 Å². The van der Waals surface area contributed by atoms with Crippen molar-refractivity contribution in [3.63, 3.8) is 0 Å². The second-order valence-electron chi connectivity index (χ2n) is 3.75. The fraction of sp³-hybridized carbons (Fsp3) is 0.545. The van der Waals surface area contributed by atoms with Crippen molar-refractivity contribution in [1.29, 1.82) is 0 Å². The molecule has 0 amide bonds. The summed E-state index contributed by atoms with van der Waals surface area (Å²) in [6.45, 7) is 4.44. The number of alkyl halides is 3. The van der Waals surface area contributed by atoms with Crippen molar-refractivity contribution in [3.05, 3.63) is 23.9 Å². The molecule has 1 N–H and O–H groups in total. The van der Waals surface area contributed by atoms with Crippen LogP contribution in [0.4, 0.5) is 19.0 Å². The summed E-state index contributed by atoms with van der Waals surface area (Å²) in [6, 6.07) is 2.37. The van der Waals surface area contributed by atoms with Gasteiger partial charge in [-0.3, -0.25) is 0 Å². The minimum absolute atomic E-state index is 0.461. The molecule has 6 heteroatoms. The van der Waals surface area contributed by atoms with E-state index in [2.05, 4.69) is 15.2 Å². The molecule has 0 aromatic carbocycles. The zero-order chi connectivity index (χ0) is 12.9. The summed E-state index contributed by atoms with van der Waals surface area (Å²) in [5, 5.41) is 2.97. The van der Waals surface area contributed by atoms with Crippen LogP contribution in [0.5, 0.6) is 0 Å². The third kappa shape index (κ3) is 4.60. The number of aromatic nitrogens is 1.